The number of fused-ring (bicyclic) bond motifs is 1. The van der Waals surface area contributed by atoms with Crippen LogP contribution in [0.5, 0.6) is 0 Å². The lowest BCUT2D eigenvalue weighted by Gasteiger charge is -2.22. The van der Waals surface area contributed by atoms with Crippen molar-refractivity contribution in [2.75, 3.05) is 6.54 Å². The highest BCUT2D eigenvalue weighted by Crippen LogP contribution is 2.28. The molecule has 0 bridgehead atoms. The predicted octanol–water partition coefficient (Wildman–Crippen LogP) is 4.29. The number of aromatic amines is 1. The second-order valence-electron chi connectivity index (χ2n) is 8.33. The lowest BCUT2D eigenvalue weighted by Crippen LogP contribution is -2.34. The van der Waals surface area contributed by atoms with E-state index >= 15 is 0 Å². The summed E-state index contributed by atoms with van der Waals surface area (Å²) >= 11 is 0. The summed E-state index contributed by atoms with van der Waals surface area (Å²) in [6.07, 6.45) is 6.75. The molecule has 3 aromatic heterocycles. The predicted molar refractivity (Wildman–Crippen MR) is 117 cm³/mol. The molecule has 1 N–H and O–H groups in total. The monoisotopic (exact) mass is 399 g/mol. The number of benzene rings is 1. The Morgan fingerprint density at radius 2 is 2.13 bits per heavy atom. The van der Waals surface area contributed by atoms with E-state index in [-0.39, 0.29) is 11.9 Å². The van der Waals surface area contributed by atoms with Gasteiger partial charge in [-0.1, -0.05) is 17.7 Å². The van der Waals surface area contributed by atoms with Crippen LogP contribution < -0.4 is 0 Å². The Bertz CT molecular complexity index is 1190. The van der Waals surface area contributed by atoms with Gasteiger partial charge in [0.25, 0.3) is 5.91 Å². The summed E-state index contributed by atoms with van der Waals surface area (Å²) in [5.74, 6) is 0.565. The van der Waals surface area contributed by atoms with Gasteiger partial charge < -0.3 is 9.47 Å². The fourth-order valence-corrected chi connectivity index (χ4v) is 4.56. The van der Waals surface area contributed by atoms with Crippen LogP contribution in [0.15, 0.2) is 61.1 Å². The number of nitrogens with zero attached hydrogens (tertiary/aromatic N) is 4. The van der Waals surface area contributed by atoms with E-state index < -0.39 is 0 Å². The molecule has 0 radical (unpaired) electrons. The summed E-state index contributed by atoms with van der Waals surface area (Å²) in [7, 11) is 0. The van der Waals surface area contributed by atoms with E-state index in [0.717, 1.165) is 52.9 Å². The summed E-state index contributed by atoms with van der Waals surface area (Å²) in [5.41, 5.74) is 5.90. The molecule has 1 aromatic carbocycles. The van der Waals surface area contributed by atoms with Gasteiger partial charge in [0.05, 0.1) is 22.9 Å². The van der Waals surface area contributed by atoms with Crippen LogP contribution in [-0.4, -0.2) is 43.1 Å². The van der Waals surface area contributed by atoms with Crippen molar-refractivity contribution in [2.24, 2.45) is 5.92 Å². The summed E-state index contributed by atoms with van der Waals surface area (Å²) in [4.78, 5) is 19.8. The smallest absolute Gasteiger partial charge is 0.254 e. The fourth-order valence-electron chi connectivity index (χ4n) is 4.56. The number of pyridine rings is 1. The van der Waals surface area contributed by atoms with Gasteiger partial charge in [-0.05, 0) is 56.5 Å². The van der Waals surface area contributed by atoms with E-state index in [9.17, 15) is 4.79 Å². The average Bonchev–Trinajstić information content (AvgIpc) is 3.48. The highest BCUT2D eigenvalue weighted by Gasteiger charge is 2.33. The molecule has 1 unspecified atom stereocenters. The molecule has 1 fully saturated rings. The van der Waals surface area contributed by atoms with Crippen LogP contribution >= 0.6 is 0 Å². The van der Waals surface area contributed by atoms with E-state index in [2.05, 4.69) is 40.0 Å². The maximum Gasteiger partial charge on any atom is 0.254 e. The maximum atomic E-state index is 13.0. The lowest BCUT2D eigenvalue weighted by molar-refractivity contribution is 0.0742. The number of H-pyrrole nitrogens is 1. The van der Waals surface area contributed by atoms with Crippen LogP contribution in [-0.2, 0) is 6.54 Å². The van der Waals surface area contributed by atoms with Crippen molar-refractivity contribution in [3.05, 3.63) is 72.2 Å². The van der Waals surface area contributed by atoms with E-state index in [4.69, 9.17) is 4.98 Å². The molecule has 6 heteroatoms. The molecule has 0 aliphatic carbocycles. The van der Waals surface area contributed by atoms with E-state index in [0.29, 0.717) is 5.92 Å². The Hall–Kier alpha value is -3.41. The molecule has 4 aromatic rings. The van der Waals surface area contributed by atoms with Crippen LogP contribution in [0, 0.1) is 12.8 Å². The number of rotatable bonds is 4. The summed E-state index contributed by atoms with van der Waals surface area (Å²) in [6.45, 7) is 5.85. The van der Waals surface area contributed by atoms with Gasteiger partial charge >= 0.3 is 0 Å². The fraction of sp³-hybridized carbons (Fsp3) is 0.292. The van der Waals surface area contributed by atoms with Crippen LogP contribution in [0.1, 0.15) is 29.3 Å². The third-order valence-electron chi connectivity index (χ3n) is 6.06. The highest BCUT2D eigenvalue weighted by molar-refractivity contribution is 5.94. The van der Waals surface area contributed by atoms with Crippen LogP contribution in [0.25, 0.3) is 22.3 Å². The molecule has 2 atom stereocenters. The largest absolute Gasteiger partial charge is 0.346 e. The van der Waals surface area contributed by atoms with Gasteiger partial charge in [0.15, 0.2) is 0 Å². The zero-order valence-corrected chi connectivity index (χ0v) is 17.2. The van der Waals surface area contributed by atoms with Crippen molar-refractivity contribution in [1.82, 2.24) is 24.6 Å². The first kappa shape index (κ1) is 18.6. The minimum atomic E-state index is 0.137. The third kappa shape index (κ3) is 3.38. The highest BCUT2D eigenvalue weighted by atomic mass is 16.2. The van der Waals surface area contributed by atoms with Gasteiger partial charge in [0.2, 0.25) is 0 Å². The Morgan fingerprint density at radius 1 is 1.23 bits per heavy atom. The number of aromatic nitrogens is 4. The standard InChI is InChI=1S/C24H25N5O/c1-16-4-3-5-19(10-16)24(30)29-15-18(11-17(29)2)14-28-9-8-22-23(28)7-6-21(27-22)20-12-25-26-13-20/h3-10,12-13,17-18H,11,14-15H2,1-2H3,(H,25,26)/t17-,18?/m1/s1. The number of carbonyl (C=O) groups excluding carboxylic acids is 1. The maximum absolute atomic E-state index is 13.0. The molecule has 5 rings (SSSR count). The molecule has 1 aliphatic rings. The van der Waals surface area contributed by atoms with Crippen molar-refractivity contribution in [3.8, 4) is 11.3 Å². The Balaban J connectivity index is 1.33. The SMILES string of the molecule is Cc1cccc(C(=O)N2CC(Cn3ccc4nc(-c5cn[nH]c5)ccc43)C[C@H]2C)c1. The van der Waals surface area contributed by atoms with Crippen molar-refractivity contribution >= 4 is 16.9 Å². The van der Waals surface area contributed by atoms with E-state index in [1.165, 1.54) is 0 Å². The topological polar surface area (TPSA) is 66.8 Å². The molecular formula is C24H25N5O. The van der Waals surface area contributed by atoms with Crippen molar-refractivity contribution in [3.63, 3.8) is 0 Å². The molecule has 1 amide bonds. The quantitative estimate of drug-likeness (QED) is 0.557. The van der Waals surface area contributed by atoms with Crippen LogP contribution in [0.2, 0.25) is 0 Å². The molecule has 1 aliphatic heterocycles. The Kier molecular flexibility index (Phi) is 4.62. The number of carbonyl (C=O) groups is 1. The molecule has 30 heavy (non-hydrogen) atoms. The second-order valence-corrected chi connectivity index (χ2v) is 8.33. The molecule has 0 saturated carbocycles. The zero-order chi connectivity index (χ0) is 20.7. The molecule has 152 valence electrons. The second kappa shape index (κ2) is 7.44. The Labute approximate surface area is 175 Å². The first-order chi connectivity index (χ1) is 14.6. The summed E-state index contributed by atoms with van der Waals surface area (Å²) in [6, 6.07) is 14.3. The van der Waals surface area contributed by atoms with Gasteiger partial charge in [-0.3, -0.25) is 9.89 Å². The molecule has 1 saturated heterocycles. The number of aryl methyl sites for hydroxylation is 1. The van der Waals surface area contributed by atoms with Crippen molar-refractivity contribution in [1.29, 1.82) is 0 Å². The molecule has 0 spiro atoms. The number of amides is 1. The number of hydrogen-bond donors (Lipinski definition) is 1. The van der Waals surface area contributed by atoms with Gasteiger partial charge in [0.1, 0.15) is 0 Å². The lowest BCUT2D eigenvalue weighted by atomic mass is 10.1. The average molecular weight is 399 g/mol. The van der Waals surface area contributed by atoms with E-state index in [1.807, 2.05) is 48.4 Å². The minimum absolute atomic E-state index is 0.137. The van der Waals surface area contributed by atoms with Gasteiger partial charge in [-0.25, -0.2) is 4.98 Å². The summed E-state index contributed by atoms with van der Waals surface area (Å²) in [5, 5.41) is 6.84. The number of hydrogen-bond acceptors (Lipinski definition) is 3. The Morgan fingerprint density at radius 3 is 2.93 bits per heavy atom. The first-order valence-corrected chi connectivity index (χ1v) is 10.4. The molecular weight excluding hydrogens is 374 g/mol. The van der Waals surface area contributed by atoms with Crippen LogP contribution in [0.3, 0.4) is 0 Å². The van der Waals surface area contributed by atoms with Gasteiger partial charge in [-0.2, -0.15) is 5.10 Å². The van der Waals surface area contributed by atoms with Crippen molar-refractivity contribution < 1.29 is 4.79 Å². The zero-order valence-electron chi connectivity index (χ0n) is 17.2. The number of nitrogens with one attached hydrogen (secondary N) is 1. The van der Waals surface area contributed by atoms with E-state index in [1.54, 1.807) is 6.20 Å². The minimum Gasteiger partial charge on any atom is -0.346 e. The normalized spacial score (nSPS) is 18.9. The first-order valence-electron chi connectivity index (χ1n) is 10.4. The van der Waals surface area contributed by atoms with Crippen molar-refractivity contribution in [2.45, 2.75) is 32.9 Å². The molecule has 6 nitrogen and oxygen atoms in total. The van der Waals surface area contributed by atoms with Crippen LogP contribution in [0.4, 0.5) is 0 Å². The molecule has 4 heterocycles. The number of likely N-dealkylation sites (tertiary alicyclic amines) is 1. The van der Waals surface area contributed by atoms with Gasteiger partial charge in [-0.15, -0.1) is 0 Å². The third-order valence-corrected chi connectivity index (χ3v) is 6.06. The van der Waals surface area contributed by atoms with Gasteiger partial charge in [0, 0.05) is 42.7 Å². The summed E-state index contributed by atoms with van der Waals surface area (Å²) < 4.78 is 2.26.